The Morgan fingerprint density at radius 3 is 2.00 bits per heavy atom. The summed E-state index contributed by atoms with van der Waals surface area (Å²) in [6, 6.07) is 6.28. The molecule has 1 N–H and O–H groups in total. The number of fused-ring (bicyclic) bond motifs is 1. The van der Waals surface area contributed by atoms with Crippen molar-refractivity contribution in [2.24, 2.45) is 5.41 Å². The number of hydrogen-bond donors (Lipinski definition) is 1. The van der Waals surface area contributed by atoms with Gasteiger partial charge >= 0.3 is 0 Å². The van der Waals surface area contributed by atoms with E-state index in [9.17, 15) is 19.5 Å². The molecule has 0 aliphatic heterocycles. The predicted molar refractivity (Wildman–Crippen MR) is 69.2 cm³/mol. The Balaban J connectivity index is 2.71. The Morgan fingerprint density at radius 2 is 1.53 bits per heavy atom. The lowest BCUT2D eigenvalue weighted by molar-refractivity contribution is -0.123. The van der Waals surface area contributed by atoms with Gasteiger partial charge in [-0.3, -0.25) is 14.4 Å². The van der Waals surface area contributed by atoms with Crippen molar-refractivity contribution in [3.05, 3.63) is 46.7 Å². The fraction of sp³-hybridized carbons (Fsp3) is 0.267. The first-order valence-corrected chi connectivity index (χ1v) is 5.91. The summed E-state index contributed by atoms with van der Waals surface area (Å²) in [5.41, 5.74) is -0.906. The zero-order valence-electron chi connectivity index (χ0n) is 11.0. The summed E-state index contributed by atoms with van der Waals surface area (Å²) in [6.07, 6.45) is 0. The molecule has 0 bridgehead atoms. The molecular weight excluding hydrogens is 244 g/mol. The number of ketones is 3. The second-order valence-corrected chi connectivity index (χ2v) is 5.11. The van der Waals surface area contributed by atoms with Crippen LogP contribution in [0, 0.1) is 5.41 Å². The molecule has 19 heavy (non-hydrogen) atoms. The van der Waals surface area contributed by atoms with E-state index in [1.54, 1.807) is 12.1 Å². The van der Waals surface area contributed by atoms with Crippen LogP contribution >= 0.6 is 0 Å². The van der Waals surface area contributed by atoms with Crippen molar-refractivity contribution in [3.63, 3.8) is 0 Å². The average Bonchev–Trinajstić information content (AvgIpc) is 2.36. The SMILES string of the molecule is CC(=O)C(C)(C)C1=C(O)C(=O)c2ccccc2C1=O. The molecule has 0 radical (unpaired) electrons. The monoisotopic (exact) mass is 258 g/mol. The minimum Gasteiger partial charge on any atom is -0.504 e. The van der Waals surface area contributed by atoms with Crippen LogP contribution in [-0.4, -0.2) is 22.5 Å². The molecule has 1 aliphatic carbocycles. The van der Waals surface area contributed by atoms with E-state index in [0.717, 1.165) is 0 Å². The van der Waals surface area contributed by atoms with Gasteiger partial charge in [0, 0.05) is 11.1 Å². The number of rotatable bonds is 2. The molecule has 1 aromatic rings. The van der Waals surface area contributed by atoms with Gasteiger partial charge in [0.15, 0.2) is 11.5 Å². The minimum atomic E-state index is -1.19. The van der Waals surface area contributed by atoms with Crippen molar-refractivity contribution >= 4 is 17.3 Å². The summed E-state index contributed by atoms with van der Waals surface area (Å²) in [5.74, 6) is -1.98. The van der Waals surface area contributed by atoms with E-state index in [2.05, 4.69) is 0 Å². The number of carbonyl (C=O) groups excluding carboxylic acids is 3. The number of aliphatic hydroxyl groups is 1. The van der Waals surface area contributed by atoms with Gasteiger partial charge in [-0.2, -0.15) is 0 Å². The van der Waals surface area contributed by atoms with Crippen LogP contribution < -0.4 is 0 Å². The lowest BCUT2D eigenvalue weighted by Gasteiger charge is -2.28. The van der Waals surface area contributed by atoms with Crippen LogP contribution in [0.4, 0.5) is 0 Å². The van der Waals surface area contributed by atoms with E-state index in [1.165, 1.54) is 32.9 Å². The highest BCUT2D eigenvalue weighted by Crippen LogP contribution is 2.36. The summed E-state index contributed by atoms with van der Waals surface area (Å²) >= 11 is 0. The maximum Gasteiger partial charge on any atom is 0.228 e. The molecule has 1 aromatic carbocycles. The molecule has 98 valence electrons. The molecule has 4 heteroatoms. The molecular formula is C15H14O4. The van der Waals surface area contributed by atoms with Crippen LogP contribution in [0.1, 0.15) is 41.5 Å². The van der Waals surface area contributed by atoms with Crippen molar-refractivity contribution in [1.82, 2.24) is 0 Å². The third-order valence-corrected chi connectivity index (χ3v) is 3.60. The van der Waals surface area contributed by atoms with Gasteiger partial charge in [0.25, 0.3) is 0 Å². The molecule has 4 nitrogen and oxygen atoms in total. The molecule has 0 saturated carbocycles. The van der Waals surface area contributed by atoms with Crippen molar-refractivity contribution in [2.75, 3.05) is 0 Å². The molecule has 0 aromatic heterocycles. The number of benzene rings is 1. The van der Waals surface area contributed by atoms with Gasteiger partial charge in [0.05, 0.1) is 11.0 Å². The van der Waals surface area contributed by atoms with Crippen molar-refractivity contribution in [2.45, 2.75) is 20.8 Å². The zero-order valence-corrected chi connectivity index (χ0v) is 11.0. The van der Waals surface area contributed by atoms with E-state index >= 15 is 0 Å². The van der Waals surface area contributed by atoms with Gasteiger partial charge in [0.1, 0.15) is 5.78 Å². The average molecular weight is 258 g/mol. The number of allylic oxidation sites excluding steroid dienone is 2. The van der Waals surface area contributed by atoms with E-state index < -0.39 is 22.7 Å². The van der Waals surface area contributed by atoms with Crippen molar-refractivity contribution < 1.29 is 19.5 Å². The fourth-order valence-corrected chi connectivity index (χ4v) is 2.12. The number of aliphatic hydroxyl groups excluding tert-OH is 1. The first kappa shape index (κ1) is 13.2. The Kier molecular flexibility index (Phi) is 2.89. The van der Waals surface area contributed by atoms with Crippen molar-refractivity contribution in [3.8, 4) is 0 Å². The summed E-state index contributed by atoms with van der Waals surface area (Å²) in [7, 11) is 0. The summed E-state index contributed by atoms with van der Waals surface area (Å²) in [5, 5.41) is 10.00. The lowest BCUT2D eigenvalue weighted by atomic mass is 9.72. The molecule has 0 amide bonds. The summed E-state index contributed by atoms with van der Waals surface area (Å²) in [4.78, 5) is 36.1. The van der Waals surface area contributed by atoms with Gasteiger partial charge in [-0.25, -0.2) is 0 Å². The summed E-state index contributed by atoms with van der Waals surface area (Å²) < 4.78 is 0. The molecule has 0 spiro atoms. The van der Waals surface area contributed by atoms with E-state index in [1.807, 2.05) is 0 Å². The number of carbonyl (C=O) groups is 3. The second kappa shape index (κ2) is 4.16. The maximum atomic E-state index is 12.4. The first-order chi connectivity index (χ1) is 8.78. The number of Topliss-reactive ketones (excluding diaryl/α,β-unsaturated/α-hetero) is 3. The molecule has 0 heterocycles. The largest absolute Gasteiger partial charge is 0.504 e. The predicted octanol–water partition coefficient (Wildman–Crippen LogP) is 2.49. The van der Waals surface area contributed by atoms with E-state index in [-0.39, 0.29) is 22.5 Å². The molecule has 0 fully saturated rings. The quantitative estimate of drug-likeness (QED) is 0.884. The second-order valence-electron chi connectivity index (χ2n) is 5.11. The van der Waals surface area contributed by atoms with Crippen LogP contribution in [0.25, 0.3) is 0 Å². The highest BCUT2D eigenvalue weighted by Gasteiger charge is 2.42. The van der Waals surface area contributed by atoms with Gasteiger partial charge in [0.2, 0.25) is 5.78 Å². The molecule has 1 aliphatic rings. The lowest BCUT2D eigenvalue weighted by Crippen LogP contribution is -2.34. The maximum absolute atomic E-state index is 12.4. The zero-order chi connectivity index (χ0) is 14.4. The van der Waals surface area contributed by atoms with Gasteiger partial charge < -0.3 is 5.11 Å². The van der Waals surface area contributed by atoms with Crippen LogP contribution in [-0.2, 0) is 4.79 Å². The first-order valence-electron chi connectivity index (χ1n) is 5.91. The van der Waals surface area contributed by atoms with Gasteiger partial charge in [-0.05, 0) is 20.8 Å². The van der Waals surface area contributed by atoms with Crippen LogP contribution in [0.3, 0.4) is 0 Å². The molecule has 0 unspecified atom stereocenters. The van der Waals surface area contributed by atoms with Crippen LogP contribution in [0.5, 0.6) is 0 Å². The molecule has 0 atom stereocenters. The minimum absolute atomic E-state index is 0.122. The van der Waals surface area contributed by atoms with Gasteiger partial charge in [-0.1, -0.05) is 24.3 Å². The molecule has 0 saturated heterocycles. The smallest absolute Gasteiger partial charge is 0.228 e. The normalized spacial score (nSPS) is 15.5. The van der Waals surface area contributed by atoms with E-state index in [4.69, 9.17) is 0 Å². The molecule has 2 rings (SSSR count). The highest BCUT2D eigenvalue weighted by molar-refractivity contribution is 6.27. The van der Waals surface area contributed by atoms with Gasteiger partial charge in [-0.15, -0.1) is 0 Å². The summed E-state index contributed by atoms with van der Waals surface area (Å²) in [6.45, 7) is 4.39. The fourth-order valence-electron chi connectivity index (χ4n) is 2.12. The Hall–Kier alpha value is -2.23. The third kappa shape index (κ3) is 1.80. The van der Waals surface area contributed by atoms with Crippen LogP contribution in [0.2, 0.25) is 0 Å². The number of hydrogen-bond acceptors (Lipinski definition) is 4. The Labute approximate surface area is 110 Å². The van der Waals surface area contributed by atoms with Crippen LogP contribution in [0.15, 0.2) is 35.6 Å². The highest BCUT2D eigenvalue weighted by atomic mass is 16.3. The third-order valence-electron chi connectivity index (χ3n) is 3.60. The topological polar surface area (TPSA) is 71.4 Å². The Bertz CT molecular complexity index is 635. The standard InChI is InChI=1S/C15H14O4/c1-8(16)15(2,3)11-12(17)9-6-4-5-7-10(9)13(18)14(11)19/h4-7,19H,1-3H3. The van der Waals surface area contributed by atoms with Crippen molar-refractivity contribution in [1.29, 1.82) is 0 Å². The Morgan fingerprint density at radius 1 is 1.05 bits per heavy atom. The van der Waals surface area contributed by atoms with E-state index in [0.29, 0.717) is 0 Å².